The van der Waals surface area contributed by atoms with Gasteiger partial charge in [0.1, 0.15) is 0 Å². The minimum Gasteiger partial charge on any atom is -0.389 e. The molecule has 0 bridgehead atoms. The standard InChI is InChI=1S/C11H17N3O3/c1-8-12-10(17-14-8)13-9(15)7-11(16)5-3-2-4-6-11/h16H,2-7H2,1H3,(H,12,13,14,15). The van der Waals surface area contributed by atoms with Gasteiger partial charge in [-0.1, -0.05) is 24.4 Å². The van der Waals surface area contributed by atoms with Gasteiger partial charge >= 0.3 is 6.01 Å². The topological polar surface area (TPSA) is 88.2 Å². The smallest absolute Gasteiger partial charge is 0.328 e. The molecule has 17 heavy (non-hydrogen) atoms. The SMILES string of the molecule is Cc1noc(NC(=O)CC2(O)CCCCC2)n1. The lowest BCUT2D eigenvalue weighted by molar-refractivity contribution is -0.122. The van der Waals surface area contributed by atoms with Gasteiger partial charge in [0.25, 0.3) is 0 Å². The van der Waals surface area contributed by atoms with E-state index in [2.05, 4.69) is 15.5 Å². The molecule has 1 aliphatic rings. The van der Waals surface area contributed by atoms with Gasteiger partial charge in [0, 0.05) is 0 Å². The van der Waals surface area contributed by atoms with Gasteiger partial charge in [-0.05, 0) is 19.8 Å². The molecule has 1 amide bonds. The van der Waals surface area contributed by atoms with Gasteiger partial charge in [0.15, 0.2) is 5.82 Å². The van der Waals surface area contributed by atoms with Crippen LogP contribution in [-0.4, -0.2) is 26.8 Å². The highest BCUT2D eigenvalue weighted by atomic mass is 16.5. The van der Waals surface area contributed by atoms with Crippen LogP contribution in [0, 0.1) is 6.92 Å². The van der Waals surface area contributed by atoms with E-state index >= 15 is 0 Å². The third-order valence-corrected chi connectivity index (χ3v) is 3.05. The molecule has 0 saturated heterocycles. The molecule has 1 aromatic rings. The zero-order chi connectivity index (χ0) is 12.3. The summed E-state index contributed by atoms with van der Waals surface area (Å²) in [6, 6.07) is 0.0897. The van der Waals surface area contributed by atoms with Crippen molar-refractivity contribution < 1.29 is 14.4 Å². The first-order chi connectivity index (χ1) is 8.07. The van der Waals surface area contributed by atoms with Crippen LogP contribution < -0.4 is 5.32 Å². The van der Waals surface area contributed by atoms with Gasteiger partial charge < -0.3 is 9.63 Å². The molecular formula is C11H17N3O3. The highest BCUT2D eigenvalue weighted by Crippen LogP contribution is 2.30. The van der Waals surface area contributed by atoms with Gasteiger partial charge in [-0.15, -0.1) is 0 Å². The molecule has 0 atom stereocenters. The first kappa shape index (κ1) is 12.0. The summed E-state index contributed by atoms with van der Waals surface area (Å²) in [6.07, 6.45) is 4.54. The first-order valence-electron chi connectivity index (χ1n) is 5.90. The first-order valence-corrected chi connectivity index (χ1v) is 5.90. The van der Waals surface area contributed by atoms with Crippen LogP contribution in [0.3, 0.4) is 0 Å². The number of carbonyl (C=O) groups is 1. The Bertz CT molecular complexity index is 396. The lowest BCUT2D eigenvalue weighted by Gasteiger charge is -2.31. The van der Waals surface area contributed by atoms with E-state index in [4.69, 9.17) is 4.52 Å². The molecule has 1 heterocycles. The van der Waals surface area contributed by atoms with E-state index in [9.17, 15) is 9.90 Å². The molecule has 0 aliphatic heterocycles. The summed E-state index contributed by atoms with van der Waals surface area (Å²) in [6.45, 7) is 1.67. The maximum absolute atomic E-state index is 11.7. The van der Waals surface area contributed by atoms with Crippen LogP contribution in [-0.2, 0) is 4.79 Å². The van der Waals surface area contributed by atoms with E-state index in [0.29, 0.717) is 18.7 Å². The van der Waals surface area contributed by atoms with Crippen LogP contribution in [0.4, 0.5) is 6.01 Å². The summed E-state index contributed by atoms with van der Waals surface area (Å²) in [7, 11) is 0. The second kappa shape index (κ2) is 4.83. The van der Waals surface area contributed by atoms with Crippen LogP contribution in [0.5, 0.6) is 0 Å². The summed E-state index contributed by atoms with van der Waals surface area (Å²) in [5.74, 6) is 0.190. The monoisotopic (exact) mass is 239 g/mol. The Morgan fingerprint density at radius 3 is 2.76 bits per heavy atom. The number of nitrogens with zero attached hydrogens (tertiary/aromatic N) is 2. The molecule has 0 unspecified atom stereocenters. The van der Waals surface area contributed by atoms with Crippen molar-refractivity contribution in [2.75, 3.05) is 5.32 Å². The molecule has 94 valence electrons. The highest BCUT2D eigenvalue weighted by Gasteiger charge is 2.32. The number of aromatic nitrogens is 2. The van der Waals surface area contributed by atoms with Gasteiger partial charge in [-0.25, -0.2) is 0 Å². The maximum atomic E-state index is 11.7. The minimum absolute atomic E-state index is 0.0897. The zero-order valence-corrected chi connectivity index (χ0v) is 9.90. The molecule has 0 aromatic carbocycles. The van der Waals surface area contributed by atoms with E-state index in [1.54, 1.807) is 6.92 Å². The zero-order valence-electron chi connectivity index (χ0n) is 9.90. The fourth-order valence-corrected chi connectivity index (χ4v) is 2.20. The van der Waals surface area contributed by atoms with Gasteiger partial charge in [-0.2, -0.15) is 4.98 Å². The number of aliphatic hydroxyl groups is 1. The summed E-state index contributed by atoms with van der Waals surface area (Å²) in [4.78, 5) is 15.6. The van der Waals surface area contributed by atoms with Crippen molar-refractivity contribution in [2.45, 2.75) is 51.0 Å². The van der Waals surface area contributed by atoms with Crippen LogP contribution in [0.15, 0.2) is 4.52 Å². The quantitative estimate of drug-likeness (QED) is 0.832. The summed E-state index contributed by atoms with van der Waals surface area (Å²) >= 11 is 0. The van der Waals surface area contributed by atoms with Gasteiger partial charge in [0.05, 0.1) is 12.0 Å². The number of rotatable bonds is 3. The highest BCUT2D eigenvalue weighted by molar-refractivity contribution is 5.89. The Balaban J connectivity index is 1.88. The number of amides is 1. The Morgan fingerprint density at radius 2 is 2.18 bits per heavy atom. The van der Waals surface area contributed by atoms with Crippen LogP contribution in [0.25, 0.3) is 0 Å². The van der Waals surface area contributed by atoms with Crippen molar-refractivity contribution >= 4 is 11.9 Å². The minimum atomic E-state index is -0.864. The molecule has 2 rings (SSSR count). The Hall–Kier alpha value is -1.43. The Morgan fingerprint density at radius 1 is 1.47 bits per heavy atom. The van der Waals surface area contributed by atoms with Crippen molar-refractivity contribution in [3.8, 4) is 0 Å². The van der Waals surface area contributed by atoms with Crippen molar-refractivity contribution in [3.63, 3.8) is 0 Å². The Kier molecular flexibility index (Phi) is 3.42. The number of nitrogens with one attached hydrogen (secondary N) is 1. The number of carbonyl (C=O) groups excluding carboxylic acids is 1. The second-order valence-corrected chi connectivity index (χ2v) is 4.66. The fraction of sp³-hybridized carbons (Fsp3) is 0.727. The largest absolute Gasteiger partial charge is 0.389 e. The molecule has 0 spiro atoms. The molecule has 1 aromatic heterocycles. The normalized spacial score (nSPS) is 18.9. The predicted molar refractivity (Wildman–Crippen MR) is 60.3 cm³/mol. The summed E-state index contributed by atoms with van der Waals surface area (Å²) < 4.78 is 4.78. The molecule has 1 saturated carbocycles. The van der Waals surface area contributed by atoms with Crippen LogP contribution in [0.1, 0.15) is 44.3 Å². The van der Waals surface area contributed by atoms with Crippen molar-refractivity contribution in [1.82, 2.24) is 10.1 Å². The van der Waals surface area contributed by atoms with Crippen molar-refractivity contribution in [1.29, 1.82) is 0 Å². The summed E-state index contributed by atoms with van der Waals surface area (Å²) in [5.41, 5.74) is -0.864. The third kappa shape index (κ3) is 3.26. The molecule has 6 nitrogen and oxygen atoms in total. The van der Waals surface area contributed by atoms with Gasteiger partial charge in [-0.3, -0.25) is 10.1 Å². The van der Waals surface area contributed by atoms with E-state index in [-0.39, 0.29) is 18.3 Å². The van der Waals surface area contributed by atoms with Gasteiger partial charge in [0.2, 0.25) is 5.91 Å². The maximum Gasteiger partial charge on any atom is 0.328 e. The van der Waals surface area contributed by atoms with Crippen molar-refractivity contribution in [3.05, 3.63) is 5.82 Å². The molecule has 1 aliphatic carbocycles. The Labute approximate surface area is 99.4 Å². The number of hydrogen-bond acceptors (Lipinski definition) is 5. The molecule has 0 radical (unpaired) electrons. The lowest BCUT2D eigenvalue weighted by Crippen LogP contribution is -2.35. The third-order valence-electron chi connectivity index (χ3n) is 3.05. The van der Waals surface area contributed by atoms with Crippen molar-refractivity contribution in [2.24, 2.45) is 0 Å². The van der Waals surface area contributed by atoms with Crippen LogP contribution in [0.2, 0.25) is 0 Å². The molecule has 1 fully saturated rings. The van der Waals surface area contributed by atoms with E-state index in [1.807, 2.05) is 0 Å². The second-order valence-electron chi connectivity index (χ2n) is 4.66. The average molecular weight is 239 g/mol. The lowest BCUT2D eigenvalue weighted by atomic mass is 9.82. The average Bonchev–Trinajstić information content (AvgIpc) is 2.63. The number of anilines is 1. The van der Waals surface area contributed by atoms with E-state index < -0.39 is 5.60 Å². The predicted octanol–water partition coefficient (Wildman–Crippen LogP) is 1.40. The molecule has 6 heteroatoms. The van der Waals surface area contributed by atoms with E-state index in [0.717, 1.165) is 19.3 Å². The van der Waals surface area contributed by atoms with Crippen LogP contribution >= 0.6 is 0 Å². The molecule has 2 N–H and O–H groups in total. The fourth-order valence-electron chi connectivity index (χ4n) is 2.20. The number of hydrogen-bond donors (Lipinski definition) is 2. The number of aryl methyl sites for hydroxylation is 1. The molecular weight excluding hydrogens is 222 g/mol. The summed E-state index contributed by atoms with van der Waals surface area (Å²) in [5, 5.41) is 16.3. The van der Waals surface area contributed by atoms with E-state index in [1.165, 1.54) is 0 Å².